The third kappa shape index (κ3) is 4.68. The number of aromatic amines is 1. The number of piperidine rings is 1. The van der Waals surface area contributed by atoms with Crippen molar-refractivity contribution in [3.63, 3.8) is 0 Å². The van der Waals surface area contributed by atoms with Gasteiger partial charge in [-0.25, -0.2) is 8.78 Å². The van der Waals surface area contributed by atoms with Crippen molar-refractivity contribution >= 4 is 22.7 Å². The Labute approximate surface area is 254 Å². The number of benzene rings is 3. The Hall–Kier alpha value is -4.44. The average molecular weight is 601 g/mol. The molecule has 0 spiro atoms. The number of hydrogen-bond acceptors (Lipinski definition) is 5. The number of nitrogens with one attached hydrogen (secondary N) is 1. The Bertz CT molecular complexity index is 1730. The molecule has 228 valence electrons. The van der Waals surface area contributed by atoms with Gasteiger partial charge in [-0.3, -0.25) is 14.5 Å². The lowest BCUT2D eigenvalue weighted by Gasteiger charge is -2.49. The first kappa shape index (κ1) is 28.3. The number of H-pyrrole nitrogens is 1. The molecule has 4 heterocycles. The number of nitrogens with zero attached hydrogens (tertiary/aromatic N) is 3. The highest BCUT2D eigenvalue weighted by Gasteiger charge is 2.50. The van der Waals surface area contributed by atoms with E-state index >= 15 is 0 Å². The highest BCUT2D eigenvalue weighted by Crippen LogP contribution is 2.46. The van der Waals surface area contributed by atoms with Crippen molar-refractivity contribution in [2.45, 2.75) is 43.9 Å². The Morgan fingerprint density at radius 3 is 2.41 bits per heavy atom. The van der Waals surface area contributed by atoms with Crippen LogP contribution in [-0.2, 0) is 22.6 Å². The summed E-state index contributed by atoms with van der Waals surface area (Å²) in [7, 11) is 3.17. The molecule has 1 N–H and O–H groups in total. The second-order valence-corrected chi connectivity index (χ2v) is 11.8. The van der Waals surface area contributed by atoms with Gasteiger partial charge in [0.15, 0.2) is 0 Å². The summed E-state index contributed by atoms with van der Waals surface area (Å²) in [6.07, 6.45) is 1.65. The molecule has 2 saturated heterocycles. The molecule has 8 nitrogen and oxygen atoms in total. The maximum Gasteiger partial charge on any atom is 0.246 e. The smallest absolute Gasteiger partial charge is 0.246 e. The van der Waals surface area contributed by atoms with Gasteiger partial charge in [0.2, 0.25) is 11.8 Å². The molecule has 2 fully saturated rings. The predicted molar refractivity (Wildman–Crippen MR) is 160 cm³/mol. The molecule has 3 aliphatic rings. The molecule has 0 saturated carbocycles. The van der Waals surface area contributed by atoms with Crippen molar-refractivity contribution in [1.82, 2.24) is 19.7 Å². The largest absolute Gasteiger partial charge is 0.497 e. The van der Waals surface area contributed by atoms with E-state index in [4.69, 9.17) is 9.47 Å². The number of likely N-dealkylation sites (tertiary alicyclic amines) is 1. The zero-order chi connectivity index (χ0) is 30.5. The second kappa shape index (κ2) is 11.2. The van der Waals surface area contributed by atoms with Gasteiger partial charge in [-0.2, -0.15) is 0 Å². The first-order valence-corrected chi connectivity index (χ1v) is 15.0. The maximum absolute atomic E-state index is 14.3. The summed E-state index contributed by atoms with van der Waals surface area (Å²) in [5.41, 5.74) is 3.69. The molecular formula is C34H34F2N4O4. The van der Waals surface area contributed by atoms with Crippen LogP contribution >= 0.6 is 0 Å². The van der Waals surface area contributed by atoms with Crippen LogP contribution in [-0.4, -0.2) is 77.4 Å². The molecule has 2 atom stereocenters. The minimum absolute atomic E-state index is 0.0214. The normalized spacial score (nSPS) is 21.0. The molecule has 0 bridgehead atoms. The SMILES string of the molecule is COc1ccc([C@H]2c3[nH]c4ccccc4c3C[C@@H]3C(=O)N(C4CCN(Cc5c(F)cccc5F)CC4)CC(=O)N23)c(OC)c1. The first-order chi connectivity index (χ1) is 21.4. The van der Waals surface area contributed by atoms with Crippen LogP contribution in [0.5, 0.6) is 11.5 Å². The van der Waals surface area contributed by atoms with Crippen LogP contribution in [0.1, 0.15) is 41.3 Å². The van der Waals surface area contributed by atoms with Gasteiger partial charge < -0.3 is 24.3 Å². The number of piperazine rings is 1. The monoisotopic (exact) mass is 600 g/mol. The van der Waals surface area contributed by atoms with Crippen LogP contribution in [0, 0.1) is 11.6 Å². The Balaban J connectivity index is 1.19. The van der Waals surface area contributed by atoms with Crippen LogP contribution in [0.3, 0.4) is 0 Å². The number of halogens is 2. The highest BCUT2D eigenvalue weighted by atomic mass is 19.1. The van der Waals surface area contributed by atoms with Crippen molar-refractivity contribution in [3.05, 3.63) is 94.7 Å². The molecule has 0 aliphatic carbocycles. The highest BCUT2D eigenvalue weighted by molar-refractivity contribution is 5.98. The van der Waals surface area contributed by atoms with E-state index in [-0.39, 0.29) is 36.5 Å². The number of fused-ring (bicyclic) bond motifs is 4. The third-order valence-corrected chi connectivity index (χ3v) is 9.47. The van der Waals surface area contributed by atoms with Gasteiger partial charge in [0.05, 0.1) is 14.2 Å². The number of methoxy groups -OCH3 is 2. The van der Waals surface area contributed by atoms with Crippen molar-refractivity contribution in [3.8, 4) is 11.5 Å². The zero-order valence-electron chi connectivity index (χ0n) is 24.7. The predicted octanol–water partition coefficient (Wildman–Crippen LogP) is 4.81. The molecule has 10 heteroatoms. The zero-order valence-corrected chi connectivity index (χ0v) is 24.7. The van der Waals surface area contributed by atoms with E-state index in [1.54, 1.807) is 30.1 Å². The number of para-hydroxylation sites is 1. The molecule has 44 heavy (non-hydrogen) atoms. The standard InChI is InChI=1S/C34H34F2N4O4/c1-43-21-10-11-23(30(16-21)44-2)33-32-24(22-6-3-4-9-28(22)37-32)17-29-34(42)39(19-31(41)40(29)33)20-12-14-38(15-13-20)18-25-26(35)7-5-8-27(25)36/h3-11,16,20,29,33,37H,12-15,17-19H2,1-2H3/t29-,33+/m1/s1. The van der Waals surface area contributed by atoms with Crippen molar-refractivity contribution in [2.24, 2.45) is 0 Å². The molecule has 7 rings (SSSR count). The Morgan fingerprint density at radius 1 is 0.932 bits per heavy atom. The number of hydrogen-bond donors (Lipinski definition) is 1. The van der Waals surface area contributed by atoms with E-state index in [1.165, 1.54) is 18.2 Å². The van der Waals surface area contributed by atoms with Gasteiger partial charge in [0.1, 0.15) is 41.8 Å². The second-order valence-electron chi connectivity index (χ2n) is 11.8. The molecule has 1 aromatic heterocycles. The van der Waals surface area contributed by atoms with Gasteiger partial charge in [0, 0.05) is 65.9 Å². The fourth-order valence-electron chi connectivity index (χ4n) is 7.26. The molecular weight excluding hydrogens is 566 g/mol. The van der Waals surface area contributed by atoms with E-state index in [2.05, 4.69) is 4.98 Å². The summed E-state index contributed by atoms with van der Waals surface area (Å²) in [5.74, 6) is -0.108. The summed E-state index contributed by atoms with van der Waals surface area (Å²) in [4.78, 5) is 37.5. The molecule has 0 radical (unpaired) electrons. The Morgan fingerprint density at radius 2 is 1.68 bits per heavy atom. The lowest BCUT2D eigenvalue weighted by atomic mass is 9.85. The molecule has 3 aromatic carbocycles. The fraction of sp³-hybridized carbons (Fsp3) is 0.353. The van der Waals surface area contributed by atoms with Crippen LogP contribution in [0.25, 0.3) is 10.9 Å². The van der Waals surface area contributed by atoms with Gasteiger partial charge in [0.25, 0.3) is 0 Å². The van der Waals surface area contributed by atoms with Gasteiger partial charge in [-0.05, 0) is 48.7 Å². The quantitative estimate of drug-likeness (QED) is 0.344. The van der Waals surface area contributed by atoms with Gasteiger partial charge in [-0.15, -0.1) is 0 Å². The van der Waals surface area contributed by atoms with Gasteiger partial charge >= 0.3 is 0 Å². The van der Waals surface area contributed by atoms with E-state index < -0.39 is 23.7 Å². The minimum atomic E-state index is -0.676. The lowest BCUT2D eigenvalue weighted by molar-refractivity contribution is -0.161. The fourth-order valence-corrected chi connectivity index (χ4v) is 7.26. The van der Waals surface area contributed by atoms with Crippen LogP contribution in [0.2, 0.25) is 0 Å². The molecule has 3 aliphatic heterocycles. The summed E-state index contributed by atoms with van der Waals surface area (Å²) in [6, 6.07) is 16.1. The average Bonchev–Trinajstić information content (AvgIpc) is 3.42. The van der Waals surface area contributed by atoms with Crippen molar-refractivity contribution < 1.29 is 27.8 Å². The molecule has 4 aromatic rings. The van der Waals surface area contributed by atoms with Crippen LogP contribution in [0.15, 0.2) is 60.7 Å². The first-order valence-electron chi connectivity index (χ1n) is 15.0. The van der Waals surface area contributed by atoms with E-state index in [9.17, 15) is 18.4 Å². The number of aromatic nitrogens is 1. The van der Waals surface area contributed by atoms with Gasteiger partial charge in [-0.1, -0.05) is 24.3 Å². The maximum atomic E-state index is 14.3. The van der Waals surface area contributed by atoms with Crippen molar-refractivity contribution in [2.75, 3.05) is 33.9 Å². The Kier molecular flexibility index (Phi) is 7.24. The van der Waals surface area contributed by atoms with Crippen LogP contribution < -0.4 is 9.47 Å². The lowest BCUT2D eigenvalue weighted by Crippen LogP contribution is -2.65. The number of rotatable bonds is 6. The minimum Gasteiger partial charge on any atom is -0.497 e. The summed E-state index contributed by atoms with van der Waals surface area (Å²) < 4.78 is 39.7. The number of amides is 2. The third-order valence-electron chi connectivity index (χ3n) is 9.47. The van der Waals surface area contributed by atoms with E-state index in [0.29, 0.717) is 43.9 Å². The van der Waals surface area contributed by atoms with Crippen molar-refractivity contribution in [1.29, 1.82) is 0 Å². The van der Waals surface area contributed by atoms with Crippen LogP contribution in [0.4, 0.5) is 8.78 Å². The summed E-state index contributed by atoms with van der Waals surface area (Å²) in [5, 5.41) is 1.03. The number of carbonyl (C=O) groups is 2. The molecule has 2 amide bonds. The van der Waals surface area contributed by atoms with E-state index in [0.717, 1.165) is 27.7 Å². The molecule has 0 unspecified atom stereocenters. The number of carbonyl (C=O) groups excluding carboxylic acids is 2. The summed E-state index contributed by atoms with van der Waals surface area (Å²) >= 11 is 0. The summed E-state index contributed by atoms with van der Waals surface area (Å²) in [6.45, 7) is 1.29. The number of ether oxygens (including phenoxy) is 2. The topological polar surface area (TPSA) is 78.1 Å². The van der Waals surface area contributed by atoms with E-state index in [1.807, 2.05) is 41.3 Å².